The molecule has 0 aromatic rings. The summed E-state index contributed by atoms with van der Waals surface area (Å²) in [4.78, 5) is 24.2. The molecule has 1 fully saturated rings. The standard InChI is InChI=1S/C16H28O5/c1-3-4-7-10-20-15(17)13-8-5-6-9-14(13)16(18)21-12-11-19-2/h13-14H,3-12H2,1-2H3. The first kappa shape index (κ1) is 18.0. The van der Waals surface area contributed by atoms with Gasteiger partial charge < -0.3 is 14.2 Å². The van der Waals surface area contributed by atoms with Gasteiger partial charge in [-0.15, -0.1) is 0 Å². The number of hydrogen-bond acceptors (Lipinski definition) is 5. The zero-order valence-corrected chi connectivity index (χ0v) is 13.3. The summed E-state index contributed by atoms with van der Waals surface area (Å²) in [7, 11) is 1.56. The summed E-state index contributed by atoms with van der Waals surface area (Å²) >= 11 is 0. The normalized spacial score (nSPS) is 21.8. The summed E-state index contributed by atoms with van der Waals surface area (Å²) < 4.78 is 15.4. The SMILES string of the molecule is CCCCCOC(=O)C1CCCCC1C(=O)OCCOC. The second-order valence-corrected chi connectivity index (χ2v) is 5.53. The van der Waals surface area contributed by atoms with Crippen LogP contribution in [0.5, 0.6) is 0 Å². The van der Waals surface area contributed by atoms with E-state index in [0.717, 1.165) is 38.5 Å². The van der Waals surface area contributed by atoms with Crippen molar-refractivity contribution in [2.75, 3.05) is 26.9 Å². The Hall–Kier alpha value is -1.10. The Kier molecular flexibility index (Phi) is 9.06. The van der Waals surface area contributed by atoms with Crippen molar-refractivity contribution in [1.29, 1.82) is 0 Å². The van der Waals surface area contributed by atoms with E-state index in [2.05, 4.69) is 6.92 Å². The molecule has 2 unspecified atom stereocenters. The smallest absolute Gasteiger partial charge is 0.309 e. The molecule has 5 heteroatoms. The molecule has 1 aliphatic rings. The van der Waals surface area contributed by atoms with Gasteiger partial charge in [0.2, 0.25) is 0 Å². The van der Waals surface area contributed by atoms with Crippen molar-refractivity contribution in [3.8, 4) is 0 Å². The van der Waals surface area contributed by atoms with Gasteiger partial charge in [0.1, 0.15) is 6.61 Å². The van der Waals surface area contributed by atoms with Crippen LogP contribution >= 0.6 is 0 Å². The Morgan fingerprint density at radius 2 is 1.48 bits per heavy atom. The first-order valence-corrected chi connectivity index (χ1v) is 8.03. The molecule has 0 saturated heterocycles. The van der Waals surface area contributed by atoms with Gasteiger partial charge in [-0.1, -0.05) is 32.6 Å². The molecule has 0 N–H and O–H groups in total. The minimum Gasteiger partial charge on any atom is -0.465 e. The molecule has 1 aliphatic carbocycles. The number of rotatable bonds is 9. The van der Waals surface area contributed by atoms with Gasteiger partial charge in [0.05, 0.1) is 25.0 Å². The number of unbranched alkanes of at least 4 members (excludes halogenated alkanes) is 2. The Morgan fingerprint density at radius 1 is 0.905 bits per heavy atom. The average Bonchev–Trinajstić information content (AvgIpc) is 2.51. The highest BCUT2D eigenvalue weighted by atomic mass is 16.6. The molecule has 0 radical (unpaired) electrons. The molecule has 1 rings (SSSR count). The molecule has 0 aromatic heterocycles. The Labute approximate surface area is 127 Å². The lowest BCUT2D eigenvalue weighted by atomic mass is 9.79. The van der Waals surface area contributed by atoms with Crippen LogP contribution in [0.3, 0.4) is 0 Å². The molecule has 5 nitrogen and oxygen atoms in total. The van der Waals surface area contributed by atoms with Crippen LogP contribution < -0.4 is 0 Å². The maximum absolute atomic E-state index is 12.2. The van der Waals surface area contributed by atoms with E-state index in [1.807, 2.05) is 0 Å². The van der Waals surface area contributed by atoms with Crippen LogP contribution in [0.1, 0.15) is 51.9 Å². The van der Waals surface area contributed by atoms with Gasteiger partial charge in [-0.2, -0.15) is 0 Å². The number of esters is 2. The van der Waals surface area contributed by atoms with Gasteiger partial charge in [-0.25, -0.2) is 0 Å². The largest absolute Gasteiger partial charge is 0.465 e. The zero-order chi connectivity index (χ0) is 15.5. The topological polar surface area (TPSA) is 61.8 Å². The second kappa shape index (κ2) is 10.6. The second-order valence-electron chi connectivity index (χ2n) is 5.53. The van der Waals surface area contributed by atoms with E-state index in [4.69, 9.17) is 14.2 Å². The summed E-state index contributed by atoms with van der Waals surface area (Å²) in [6, 6.07) is 0. The number of carbonyl (C=O) groups is 2. The van der Waals surface area contributed by atoms with E-state index < -0.39 is 0 Å². The minimum absolute atomic E-state index is 0.237. The minimum atomic E-state index is -0.353. The lowest BCUT2D eigenvalue weighted by Crippen LogP contribution is -2.35. The molecular formula is C16H28O5. The highest BCUT2D eigenvalue weighted by Crippen LogP contribution is 2.32. The Balaban J connectivity index is 2.43. The van der Waals surface area contributed by atoms with Crippen molar-refractivity contribution >= 4 is 11.9 Å². The fourth-order valence-corrected chi connectivity index (χ4v) is 2.66. The van der Waals surface area contributed by atoms with Crippen LogP contribution in [0, 0.1) is 11.8 Å². The van der Waals surface area contributed by atoms with E-state index in [1.165, 1.54) is 0 Å². The number of carbonyl (C=O) groups excluding carboxylic acids is 2. The lowest BCUT2D eigenvalue weighted by molar-refractivity contribution is -0.163. The highest BCUT2D eigenvalue weighted by Gasteiger charge is 2.37. The fourth-order valence-electron chi connectivity index (χ4n) is 2.66. The highest BCUT2D eigenvalue weighted by molar-refractivity contribution is 5.82. The fraction of sp³-hybridized carbons (Fsp3) is 0.875. The van der Waals surface area contributed by atoms with E-state index in [1.54, 1.807) is 7.11 Å². The van der Waals surface area contributed by atoms with Crippen LogP contribution in [-0.4, -0.2) is 38.9 Å². The number of hydrogen-bond donors (Lipinski definition) is 0. The molecule has 21 heavy (non-hydrogen) atoms. The summed E-state index contributed by atoms with van der Waals surface area (Å²) in [6.45, 7) is 3.18. The first-order chi connectivity index (χ1) is 10.2. The van der Waals surface area contributed by atoms with Crippen LogP contribution in [0.4, 0.5) is 0 Å². The van der Waals surface area contributed by atoms with Gasteiger partial charge in [0, 0.05) is 7.11 Å². The Morgan fingerprint density at radius 3 is 2.00 bits per heavy atom. The molecule has 1 saturated carbocycles. The molecule has 122 valence electrons. The third kappa shape index (κ3) is 6.46. The van der Waals surface area contributed by atoms with E-state index in [0.29, 0.717) is 19.6 Å². The van der Waals surface area contributed by atoms with Crippen molar-refractivity contribution in [3.05, 3.63) is 0 Å². The first-order valence-electron chi connectivity index (χ1n) is 8.03. The molecule has 2 atom stereocenters. The predicted octanol–water partition coefficient (Wildman–Crippen LogP) is 2.72. The molecule has 0 spiro atoms. The molecule has 0 aliphatic heterocycles. The number of ether oxygens (including phenoxy) is 3. The molecular weight excluding hydrogens is 272 g/mol. The summed E-state index contributed by atoms with van der Waals surface area (Å²) in [5.74, 6) is -1.22. The van der Waals surface area contributed by atoms with Crippen molar-refractivity contribution in [2.24, 2.45) is 11.8 Å². The Bertz CT molecular complexity index is 316. The predicted molar refractivity (Wildman–Crippen MR) is 78.8 cm³/mol. The quantitative estimate of drug-likeness (QED) is 0.484. The van der Waals surface area contributed by atoms with Gasteiger partial charge in [0.15, 0.2) is 0 Å². The van der Waals surface area contributed by atoms with Crippen molar-refractivity contribution in [2.45, 2.75) is 51.9 Å². The summed E-state index contributed by atoms with van der Waals surface area (Å²) in [5.41, 5.74) is 0. The van der Waals surface area contributed by atoms with E-state index >= 15 is 0 Å². The van der Waals surface area contributed by atoms with Gasteiger partial charge in [0.25, 0.3) is 0 Å². The number of methoxy groups -OCH3 is 1. The van der Waals surface area contributed by atoms with Crippen LogP contribution in [-0.2, 0) is 23.8 Å². The summed E-state index contributed by atoms with van der Waals surface area (Å²) in [5, 5.41) is 0. The molecule has 0 amide bonds. The van der Waals surface area contributed by atoms with Crippen molar-refractivity contribution in [3.63, 3.8) is 0 Å². The van der Waals surface area contributed by atoms with Crippen molar-refractivity contribution in [1.82, 2.24) is 0 Å². The van der Waals surface area contributed by atoms with Gasteiger partial charge >= 0.3 is 11.9 Å². The van der Waals surface area contributed by atoms with Crippen LogP contribution in [0.25, 0.3) is 0 Å². The zero-order valence-electron chi connectivity index (χ0n) is 13.3. The maximum atomic E-state index is 12.2. The maximum Gasteiger partial charge on any atom is 0.309 e. The molecule has 0 bridgehead atoms. The van der Waals surface area contributed by atoms with Crippen LogP contribution in [0.15, 0.2) is 0 Å². The molecule has 0 heterocycles. The summed E-state index contributed by atoms with van der Waals surface area (Å²) in [6.07, 6.45) is 6.39. The average molecular weight is 300 g/mol. The van der Waals surface area contributed by atoms with E-state index in [9.17, 15) is 9.59 Å². The third-order valence-corrected chi connectivity index (χ3v) is 3.90. The monoisotopic (exact) mass is 300 g/mol. The lowest BCUT2D eigenvalue weighted by Gasteiger charge is -2.28. The molecule has 0 aromatic carbocycles. The van der Waals surface area contributed by atoms with Gasteiger partial charge in [-0.3, -0.25) is 9.59 Å². The third-order valence-electron chi connectivity index (χ3n) is 3.90. The van der Waals surface area contributed by atoms with Crippen LogP contribution in [0.2, 0.25) is 0 Å². The van der Waals surface area contributed by atoms with E-state index in [-0.39, 0.29) is 30.4 Å². The van der Waals surface area contributed by atoms with Gasteiger partial charge in [-0.05, 0) is 19.3 Å². The van der Waals surface area contributed by atoms with Crippen molar-refractivity contribution < 1.29 is 23.8 Å².